The summed E-state index contributed by atoms with van der Waals surface area (Å²) in [6.07, 6.45) is 19.2. The number of imidazole rings is 6. The Labute approximate surface area is 727 Å². The molecule has 0 amide bonds. The van der Waals surface area contributed by atoms with Gasteiger partial charge in [0.15, 0.2) is 95.0 Å². The van der Waals surface area contributed by atoms with Crippen LogP contribution >= 0.6 is 0 Å². The third-order valence-corrected chi connectivity index (χ3v) is 24.3. The molecule has 127 heavy (non-hydrogen) atoms. The molecule has 24 aromatic rings. The van der Waals surface area contributed by atoms with E-state index in [0.717, 1.165) is 77.9 Å². The van der Waals surface area contributed by atoms with Crippen LogP contribution in [0.4, 0.5) is 13.2 Å². The van der Waals surface area contributed by atoms with Gasteiger partial charge in [-0.1, -0.05) is 170 Å². The molecule has 0 saturated carbocycles. The van der Waals surface area contributed by atoms with E-state index >= 15 is 8.78 Å². The lowest BCUT2D eigenvalue weighted by Crippen LogP contribution is -2.33. The lowest BCUT2D eigenvalue weighted by molar-refractivity contribution is -0.645. The van der Waals surface area contributed by atoms with E-state index in [-0.39, 0.29) is 22.9 Å². The van der Waals surface area contributed by atoms with Crippen LogP contribution in [-0.2, 0) is 56.4 Å². The van der Waals surface area contributed by atoms with E-state index in [1.54, 1.807) is 65.8 Å². The van der Waals surface area contributed by atoms with Gasteiger partial charge in [-0.15, -0.1) is 9.36 Å². The molecule has 0 aliphatic heterocycles. The van der Waals surface area contributed by atoms with Crippen molar-refractivity contribution in [3.05, 3.63) is 396 Å². The van der Waals surface area contributed by atoms with Crippen LogP contribution in [0.1, 0.15) is 5.56 Å². The number of aromatic nitrogens is 19. The Kier molecular flexibility index (Phi) is 19.3. The van der Waals surface area contributed by atoms with Crippen molar-refractivity contribution in [2.24, 2.45) is 56.4 Å². The van der Waals surface area contributed by atoms with Gasteiger partial charge in [0.25, 0.3) is 12.7 Å². The van der Waals surface area contributed by atoms with E-state index in [1.165, 1.54) is 82.9 Å². The van der Waals surface area contributed by atoms with Gasteiger partial charge in [-0.3, -0.25) is 0 Å². The molecule has 15 aromatic carbocycles. The van der Waals surface area contributed by atoms with E-state index in [0.29, 0.717) is 5.69 Å². The maximum Gasteiger partial charge on any atom is 0.270 e. The summed E-state index contributed by atoms with van der Waals surface area (Å²) >= 11 is 0. The first-order valence-corrected chi connectivity index (χ1v) is 42.0. The second kappa shape index (κ2) is 31.4. The molecule has 616 valence electrons. The highest BCUT2D eigenvalue weighted by Crippen LogP contribution is 2.40. The summed E-state index contributed by atoms with van der Waals surface area (Å²) in [7, 11) is 15.9. The first-order valence-electron chi connectivity index (χ1n) is 42.0. The zero-order valence-electron chi connectivity index (χ0n) is 71.3. The minimum Gasteiger partial charge on any atom is -0.304 e. The van der Waals surface area contributed by atoms with Gasteiger partial charge in [-0.05, 0) is 160 Å². The fourth-order valence-corrected chi connectivity index (χ4v) is 18.1. The molecule has 24 rings (SSSR count). The van der Waals surface area contributed by atoms with Gasteiger partial charge >= 0.3 is 0 Å². The van der Waals surface area contributed by atoms with Gasteiger partial charge in [0, 0.05) is 45.2 Å². The normalized spacial score (nSPS) is 11.6. The number of aryl methyl sites for hydroxylation is 9. The van der Waals surface area contributed by atoms with Crippen LogP contribution in [0.5, 0.6) is 0 Å². The maximum atomic E-state index is 17.1. The van der Waals surface area contributed by atoms with Crippen LogP contribution in [0.3, 0.4) is 0 Å². The van der Waals surface area contributed by atoms with Crippen molar-refractivity contribution in [3.63, 3.8) is 0 Å². The summed E-state index contributed by atoms with van der Waals surface area (Å²) in [5.74, 6) is -1.56. The van der Waals surface area contributed by atoms with Crippen molar-refractivity contribution in [1.82, 2.24) is 51.5 Å². The zero-order valence-corrected chi connectivity index (χ0v) is 71.3. The lowest BCUT2D eigenvalue weighted by atomic mass is 10.0. The molecule has 0 aliphatic carbocycles. The quantitative estimate of drug-likeness (QED) is 0.127. The van der Waals surface area contributed by atoms with Crippen molar-refractivity contribution >= 4 is 110 Å². The summed E-state index contributed by atoms with van der Waals surface area (Å²) in [6, 6.07) is 106. The topological polar surface area (TPSA) is 101 Å². The Morgan fingerprint density at radius 2 is 0.614 bits per heavy atom. The largest absolute Gasteiger partial charge is 0.304 e. The van der Waals surface area contributed by atoms with E-state index < -0.39 is 11.6 Å². The summed E-state index contributed by atoms with van der Waals surface area (Å²) in [4.78, 5) is 0. The highest BCUT2D eigenvalue weighted by molar-refractivity contribution is 6.09. The molecule has 19 nitrogen and oxygen atoms in total. The summed E-state index contributed by atoms with van der Waals surface area (Å²) < 4.78 is 82.2. The molecular weight excluding hydrogens is 1580 g/mol. The van der Waals surface area contributed by atoms with E-state index in [4.69, 9.17) is 0 Å². The number of rotatable bonds is 10. The minimum atomic E-state index is -0.639. The summed E-state index contributed by atoms with van der Waals surface area (Å²) in [5.41, 5.74) is 24.2. The summed E-state index contributed by atoms with van der Waals surface area (Å²) in [5, 5.41) is 15.1. The Morgan fingerprint density at radius 1 is 0.268 bits per heavy atom. The fourth-order valence-electron chi connectivity index (χ4n) is 18.1. The number of nitrogens with zero attached hydrogens (tertiary/aromatic N) is 19. The Balaban J connectivity index is 0.000000106. The van der Waals surface area contributed by atoms with Gasteiger partial charge in [0.1, 0.15) is 39.8 Å². The molecule has 0 fully saturated rings. The van der Waals surface area contributed by atoms with E-state index in [2.05, 4.69) is 294 Å². The highest BCUT2D eigenvalue weighted by Gasteiger charge is 2.33. The van der Waals surface area contributed by atoms with Gasteiger partial charge in [0.2, 0.25) is 50.6 Å². The smallest absolute Gasteiger partial charge is 0.270 e. The first kappa shape index (κ1) is 77.8. The summed E-state index contributed by atoms with van der Waals surface area (Å²) in [6.45, 7) is 1.87. The first-order chi connectivity index (χ1) is 61.9. The van der Waals surface area contributed by atoms with Crippen LogP contribution in [-0.4, -0.2) is 51.5 Å². The molecule has 0 aliphatic rings. The Morgan fingerprint density at radius 3 is 1.04 bits per heavy atom. The third kappa shape index (κ3) is 13.7. The predicted molar refractivity (Wildman–Crippen MR) is 490 cm³/mol. The molecule has 22 heteroatoms. The highest BCUT2D eigenvalue weighted by atomic mass is 19.1. The minimum absolute atomic E-state index is 0.115. The van der Waals surface area contributed by atoms with E-state index in [9.17, 15) is 4.39 Å². The fraction of sp³-hybridized carbons (Fsp3) is 0.0857. The SMILES string of the molecule is C[n+]1cn(-c2cc(-c3ccccc3)cc(-n3c[n+](C)c4ccccc43)c2)c2ccccc21.C[n+]1cn(-c2cc(-n3c[n+](C)c4ccccc43)c(F)c(-n3c4ccccc4c4ccccc43)c2F)c2ccccc21.C[n+]1cn(-c2cccc(-n3c[n+](C)c4cc5ccccc5cc43)c2)c2cc3ccccc3cc21.Cc1cc(F)c(-[n+]2cnn(C)c2)cc1-[n+]1cnn(C)c1. The monoisotopic (exact) mass is 1670 g/mol. The van der Waals surface area contributed by atoms with E-state index in [1.807, 2.05) is 158 Å². The Bertz CT molecular complexity index is 8020. The number of hydrogen-bond donors (Lipinski definition) is 0. The number of halogens is 3. The standard InChI is InChI=1S/C34H25F2N5.C30H24N4.C28H24N4.C13H15FN6/c1-37-20-39(28-17-9-7-15-26(28)37)30-19-31(40-21-38(2)27-16-8-10-18-29(27)40)33(36)34(32(30)35)41-24-13-5-3-11-22(24)23-12-4-6-14-25(23)41;1-31-19-33(29-16-23-10-5-3-8-21(23)14-27(29)31)25-12-7-13-26(18-25)34-20-32(2)28-15-22-9-4-6-11-24(22)17-30(28)34;1-29-19-31(27-14-8-6-12-25(27)29)23-16-22(21-10-4-3-5-11-21)17-24(18-23)32-20-30(2)26-13-7-9-15-28(26)32;1-10-4-11(14)13(20-7-16-18(3)9-20)5-12(10)19-6-15-17(2)8-19/h3-21H,1-2H3;3-20H,1-2H3;3-20H,1-2H3;4-9H,1-3H3/q4*+2. The van der Waals surface area contributed by atoms with Gasteiger partial charge < -0.3 is 4.57 Å². The molecule has 9 heterocycles. The number of benzene rings is 15. The number of fused-ring (bicyclic) bond motifs is 11. The second-order valence-corrected chi connectivity index (χ2v) is 32.5. The Hall–Kier alpha value is -16.5. The molecule has 0 atom stereocenters. The number of hydrogen-bond acceptors (Lipinski definition) is 2. The van der Waals surface area contributed by atoms with Gasteiger partial charge in [-0.25, -0.2) is 40.9 Å². The zero-order chi connectivity index (χ0) is 86.6. The van der Waals surface area contributed by atoms with Crippen molar-refractivity contribution in [1.29, 1.82) is 0 Å². The maximum absolute atomic E-state index is 17.1. The average molecular weight is 1670 g/mol. The third-order valence-electron chi connectivity index (χ3n) is 24.3. The van der Waals surface area contributed by atoms with Crippen LogP contribution in [0.2, 0.25) is 0 Å². The van der Waals surface area contributed by atoms with Crippen LogP contribution < -0.4 is 36.5 Å². The van der Waals surface area contributed by atoms with Gasteiger partial charge in [-0.2, -0.15) is 36.2 Å². The molecular formula is C105H88F3N19+8. The van der Waals surface area contributed by atoms with Crippen molar-refractivity contribution in [3.8, 4) is 62.3 Å². The molecule has 9 aromatic heterocycles. The van der Waals surface area contributed by atoms with Crippen molar-refractivity contribution in [2.45, 2.75) is 6.92 Å². The average Bonchev–Trinajstić information content (AvgIpc) is 1.57. The van der Waals surface area contributed by atoms with Crippen molar-refractivity contribution in [2.75, 3.05) is 0 Å². The molecule has 0 saturated heterocycles. The molecule has 0 unspecified atom stereocenters. The van der Waals surface area contributed by atoms with Crippen LogP contribution in [0, 0.1) is 24.4 Å². The molecule has 0 N–H and O–H groups in total. The second-order valence-electron chi connectivity index (χ2n) is 32.5. The molecule has 0 spiro atoms. The van der Waals surface area contributed by atoms with Crippen molar-refractivity contribution < 1.29 is 49.7 Å². The van der Waals surface area contributed by atoms with Crippen LogP contribution in [0.15, 0.2) is 373 Å². The molecule has 0 bridgehead atoms. The molecule has 0 radical (unpaired) electrons. The van der Waals surface area contributed by atoms with Crippen LogP contribution in [0.25, 0.3) is 172 Å². The van der Waals surface area contributed by atoms with Gasteiger partial charge in [0.05, 0.1) is 67.4 Å². The lowest BCUT2D eigenvalue weighted by Gasteiger charge is -2.14. The predicted octanol–water partition coefficient (Wildman–Crippen LogP) is 17.2. The number of para-hydroxylation sites is 10.